The third-order valence-electron chi connectivity index (χ3n) is 11.4. The van der Waals surface area contributed by atoms with E-state index in [1.54, 1.807) is 0 Å². The van der Waals surface area contributed by atoms with E-state index in [4.69, 9.17) is 14.2 Å². The highest BCUT2D eigenvalue weighted by atomic mass is 16.6. The highest BCUT2D eigenvalue weighted by molar-refractivity contribution is 5.71. The molecular weight excluding hydrogens is 805 g/mol. The number of hydrogen-bond donors (Lipinski definition) is 0. The average molecular weight is 905 g/mol. The van der Waals surface area contributed by atoms with Crippen LogP contribution in [0.2, 0.25) is 0 Å². The average Bonchev–Trinajstić information content (AvgIpc) is 3.30. The van der Waals surface area contributed by atoms with E-state index in [9.17, 15) is 14.4 Å². The van der Waals surface area contributed by atoms with Gasteiger partial charge in [-0.2, -0.15) is 0 Å². The Balaban J connectivity index is 4.45. The summed E-state index contributed by atoms with van der Waals surface area (Å²) in [6.45, 7) is 6.52. The van der Waals surface area contributed by atoms with E-state index >= 15 is 0 Å². The van der Waals surface area contributed by atoms with Crippen LogP contribution in [0, 0.1) is 0 Å². The van der Waals surface area contributed by atoms with Gasteiger partial charge in [-0.15, -0.1) is 0 Å². The maximum Gasteiger partial charge on any atom is 0.306 e. The number of esters is 3. The second-order valence-corrected chi connectivity index (χ2v) is 17.9. The molecule has 0 aromatic carbocycles. The van der Waals surface area contributed by atoms with Crippen molar-refractivity contribution in [2.24, 2.45) is 0 Å². The van der Waals surface area contributed by atoms with Crippen LogP contribution in [0.15, 0.2) is 85.1 Å². The van der Waals surface area contributed by atoms with Crippen molar-refractivity contribution < 1.29 is 28.6 Å². The first-order valence-electron chi connectivity index (χ1n) is 27.1. The number of carbonyl (C=O) groups excluding carboxylic acids is 3. The fourth-order valence-corrected chi connectivity index (χ4v) is 7.30. The van der Waals surface area contributed by atoms with Crippen molar-refractivity contribution >= 4 is 17.9 Å². The molecule has 0 aliphatic rings. The van der Waals surface area contributed by atoms with Gasteiger partial charge in [0.05, 0.1) is 0 Å². The van der Waals surface area contributed by atoms with Crippen LogP contribution in [-0.4, -0.2) is 37.2 Å². The standard InChI is InChI=1S/C59H100O6/c1-4-7-10-13-16-19-22-25-27-29-31-32-34-37-40-43-46-49-52-58(61)64-55-56(54-63-57(60)51-48-45-42-39-36-24-21-18-15-12-9-6-3)65-59(62)53-50-47-44-41-38-35-33-30-28-26-23-20-17-14-11-8-5-2/h16-22,25-29,31-32,56H,4-15,23-24,30,33-55H2,1-3H3/b19-16-,20-17-,21-18-,25-22-,28-26-,29-27-,32-31-. The van der Waals surface area contributed by atoms with Crippen molar-refractivity contribution in [2.45, 2.75) is 258 Å². The van der Waals surface area contributed by atoms with Crippen molar-refractivity contribution in [3.63, 3.8) is 0 Å². The third-order valence-corrected chi connectivity index (χ3v) is 11.4. The normalized spacial score (nSPS) is 12.7. The molecule has 0 aromatic heterocycles. The van der Waals surface area contributed by atoms with Gasteiger partial charge in [-0.1, -0.05) is 215 Å². The van der Waals surface area contributed by atoms with Gasteiger partial charge in [0, 0.05) is 19.3 Å². The first-order chi connectivity index (χ1) is 32.0. The maximum atomic E-state index is 12.8. The lowest BCUT2D eigenvalue weighted by atomic mass is 10.1. The van der Waals surface area contributed by atoms with E-state index in [2.05, 4.69) is 106 Å². The summed E-state index contributed by atoms with van der Waals surface area (Å²) < 4.78 is 16.8. The van der Waals surface area contributed by atoms with Gasteiger partial charge < -0.3 is 14.2 Å². The SMILES string of the molecule is CCCCC\C=C/C=C\C=C/C=C\CCCCCCCC(=O)OCC(COC(=O)CCCCCCC/C=C\CCCCC)OC(=O)CCCCCCCCC/C=C\C/C=C\CCCCC. The minimum Gasteiger partial charge on any atom is -0.462 e. The van der Waals surface area contributed by atoms with Crippen molar-refractivity contribution in [3.05, 3.63) is 85.1 Å². The van der Waals surface area contributed by atoms with Crippen LogP contribution in [0.25, 0.3) is 0 Å². The third kappa shape index (κ3) is 51.4. The Hall–Kier alpha value is -3.41. The van der Waals surface area contributed by atoms with Crippen LogP contribution < -0.4 is 0 Å². The molecule has 6 nitrogen and oxygen atoms in total. The molecule has 0 fully saturated rings. The molecule has 1 unspecified atom stereocenters. The molecule has 0 saturated carbocycles. The van der Waals surface area contributed by atoms with Crippen molar-refractivity contribution in [3.8, 4) is 0 Å². The number of hydrogen-bond acceptors (Lipinski definition) is 6. The molecule has 0 saturated heterocycles. The summed E-state index contributed by atoms with van der Waals surface area (Å²) in [5, 5.41) is 0. The lowest BCUT2D eigenvalue weighted by Crippen LogP contribution is -2.30. The molecule has 6 heteroatoms. The van der Waals surface area contributed by atoms with Crippen LogP contribution in [0.3, 0.4) is 0 Å². The molecule has 0 aliphatic carbocycles. The van der Waals surface area contributed by atoms with Crippen LogP contribution in [0.4, 0.5) is 0 Å². The summed E-state index contributed by atoms with van der Waals surface area (Å²) in [5.41, 5.74) is 0. The molecule has 1 atom stereocenters. The molecule has 0 rings (SSSR count). The van der Waals surface area contributed by atoms with Gasteiger partial charge in [0.2, 0.25) is 0 Å². The highest BCUT2D eigenvalue weighted by Gasteiger charge is 2.19. The Labute approximate surface area is 401 Å². The van der Waals surface area contributed by atoms with E-state index in [0.29, 0.717) is 19.3 Å². The van der Waals surface area contributed by atoms with Crippen molar-refractivity contribution in [1.82, 2.24) is 0 Å². The number of carbonyl (C=O) groups is 3. The number of unbranched alkanes of at least 4 members (excludes halogenated alkanes) is 26. The second-order valence-electron chi connectivity index (χ2n) is 17.9. The van der Waals surface area contributed by atoms with Crippen LogP contribution >= 0.6 is 0 Å². The molecule has 0 aromatic rings. The van der Waals surface area contributed by atoms with Crippen molar-refractivity contribution in [1.29, 1.82) is 0 Å². The predicted molar refractivity (Wildman–Crippen MR) is 279 cm³/mol. The minimum absolute atomic E-state index is 0.0924. The van der Waals surface area contributed by atoms with E-state index in [0.717, 1.165) is 103 Å². The molecule has 0 radical (unpaired) electrons. The zero-order chi connectivity index (χ0) is 47.2. The Kier molecular flexibility index (Phi) is 50.4. The first kappa shape index (κ1) is 61.6. The number of rotatable bonds is 48. The molecule has 0 spiro atoms. The molecule has 372 valence electrons. The molecule has 0 N–H and O–H groups in total. The van der Waals surface area contributed by atoms with Crippen LogP contribution in [0.5, 0.6) is 0 Å². The fraction of sp³-hybridized carbons (Fsp3) is 0.712. The minimum atomic E-state index is -0.794. The molecule has 0 amide bonds. The lowest BCUT2D eigenvalue weighted by Gasteiger charge is -2.18. The Bertz CT molecular complexity index is 1270. The number of ether oxygens (including phenoxy) is 3. The van der Waals surface area contributed by atoms with E-state index in [1.165, 1.54) is 109 Å². The van der Waals surface area contributed by atoms with E-state index in [1.807, 2.05) is 0 Å². The van der Waals surface area contributed by atoms with E-state index in [-0.39, 0.29) is 31.1 Å². The summed E-state index contributed by atoms with van der Waals surface area (Å²) in [5.74, 6) is -0.931. The monoisotopic (exact) mass is 905 g/mol. The highest BCUT2D eigenvalue weighted by Crippen LogP contribution is 2.14. The molecule has 65 heavy (non-hydrogen) atoms. The zero-order valence-electron chi connectivity index (χ0n) is 42.5. The molecule has 0 heterocycles. The number of allylic oxidation sites excluding steroid dienone is 14. The lowest BCUT2D eigenvalue weighted by molar-refractivity contribution is -0.167. The van der Waals surface area contributed by atoms with Gasteiger partial charge in [0.25, 0.3) is 0 Å². The van der Waals surface area contributed by atoms with Gasteiger partial charge in [-0.25, -0.2) is 0 Å². The molecule has 0 aliphatic heterocycles. The van der Waals surface area contributed by atoms with Gasteiger partial charge in [0.1, 0.15) is 13.2 Å². The summed E-state index contributed by atoms with van der Waals surface area (Å²) in [6.07, 6.45) is 68.4. The zero-order valence-corrected chi connectivity index (χ0v) is 42.5. The summed E-state index contributed by atoms with van der Waals surface area (Å²) in [4.78, 5) is 38.0. The summed E-state index contributed by atoms with van der Waals surface area (Å²) in [7, 11) is 0. The smallest absolute Gasteiger partial charge is 0.306 e. The maximum absolute atomic E-state index is 12.8. The predicted octanol–water partition coefficient (Wildman–Crippen LogP) is 18.0. The van der Waals surface area contributed by atoms with Gasteiger partial charge in [-0.05, 0) is 103 Å². The fourth-order valence-electron chi connectivity index (χ4n) is 7.30. The summed E-state index contributed by atoms with van der Waals surface area (Å²) >= 11 is 0. The quantitative estimate of drug-likeness (QED) is 0.0199. The summed E-state index contributed by atoms with van der Waals surface area (Å²) in [6, 6.07) is 0. The van der Waals surface area contributed by atoms with E-state index < -0.39 is 6.10 Å². The second kappa shape index (κ2) is 53.2. The first-order valence-corrected chi connectivity index (χ1v) is 27.1. The van der Waals surface area contributed by atoms with Crippen molar-refractivity contribution in [2.75, 3.05) is 13.2 Å². The van der Waals surface area contributed by atoms with Crippen LogP contribution in [0.1, 0.15) is 252 Å². The topological polar surface area (TPSA) is 78.9 Å². The molecular formula is C59H100O6. The van der Waals surface area contributed by atoms with Crippen LogP contribution in [-0.2, 0) is 28.6 Å². The van der Waals surface area contributed by atoms with Gasteiger partial charge in [-0.3, -0.25) is 14.4 Å². The Morgan fingerprint density at radius 3 is 1.00 bits per heavy atom. The van der Waals surface area contributed by atoms with Gasteiger partial charge >= 0.3 is 17.9 Å². The largest absolute Gasteiger partial charge is 0.462 e. The Morgan fingerprint density at radius 2 is 0.615 bits per heavy atom. The molecule has 0 bridgehead atoms. The Morgan fingerprint density at radius 1 is 0.323 bits per heavy atom. The van der Waals surface area contributed by atoms with Gasteiger partial charge in [0.15, 0.2) is 6.10 Å².